The van der Waals surface area contributed by atoms with Gasteiger partial charge in [0.05, 0.1) is 25.9 Å². The van der Waals surface area contributed by atoms with E-state index in [1.165, 1.54) is 10.4 Å². The first-order valence-corrected chi connectivity index (χ1v) is 6.18. The third-order valence-corrected chi connectivity index (χ3v) is 4.02. The second kappa shape index (κ2) is 3.56. The number of hydrogen-bond donors (Lipinski definition) is 1. The van der Waals surface area contributed by atoms with Crippen LogP contribution in [-0.4, -0.2) is 32.0 Å². The lowest BCUT2D eigenvalue weighted by molar-refractivity contribution is -0.239. The lowest BCUT2D eigenvalue weighted by Crippen LogP contribution is -2.63. The van der Waals surface area contributed by atoms with Crippen molar-refractivity contribution in [1.82, 2.24) is 5.32 Å². The lowest BCUT2D eigenvalue weighted by Gasteiger charge is -2.49. The standard InChI is InChI=1S/C11H15NO2S/c1-8-4-9(5-15-8)10-11(6-13-7-11)14-3-2-12-10/h4-5,10,12H,2-3,6-7H2,1H3. The molecule has 3 nitrogen and oxygen atoms in total. The molecule has 0 radical (unpaired) electrons. The van der Waals surface area contributed by atoms with E-state index in [9.17, 15) is 0 Å². The molecular weight excluding hydrogens is 210 g/mol. The Morgan fingerprint density at radius 2 is 2.40 bits per heavy atom. The zero-order valence-electron chi connectivity index (χ0n) is 8.79. The van der Waals surface area contributed by atoms with E-state index in [2.05, 4.69) is 23.7 Å². The molecule has 3 heterocycles. The Labute approximate surface area is 93.4 Å². The second-order valence-corrected chi connectivity index (χ2v) is 5.40. The van der Waals surface area contributed by atoms with Gasteiger partial charge in [0, 0.05) is 11.4 Å². The summed E-state index contributed by atoms with van der Waals surface area (Å²) in [5.74, 6) is 0. The molecule has 1 aromatic heterocycles. The minimum absolute atomic E-state index is 0.0915. The monoisotopic (exact) mass is 225 g/mol. The molecule has 82 valence electrons. The van der Waals surface area contributed by atoms with Crippen molar-refractivity contribution in [2.75, 3.05) is 26.4 Å². The van der Waals surface area contributed by atoms with Crippen molar-refractivity contribution in [2.45, 2.75) is 18.6 Å². The van der Waals surface area contributed by atoms with E-state index in [0.29, 0.717) is 6.04 Å². The van der Waals surface area contributed by atoms with Gasteiger partial charge < -0.3 is 14.8 Å². The van der Waals surface area contributed by atoms with Gasteiger partial charge in [-0.15, -0.1) is 11.3 Å². The number of nitrogens with one attached hydrogen (secondary N) is 1. The van der Waals surface area contributed by atoms with E-state index >= 15 is 0 Å². The van der Waals surface area contributed by atoms with Gasteiger partial charge >= 0.3 is 0 Å². The van der Waals surface area contributed by atoms with Gasteiger partial charge in [0.25, 0.3) is 0 Å². The Morgan fingerprint density at radius 3 is 3.00 bits per heavy atom. The molecule has 15 heavy (non-hydrogen) atoms. The summed E-state index contributed by atoms with van der Waals surface area (Å²) in [4.78, 5) is 1.35. The molecule has 0 bridgehead atoms. The maximum atomic E-state index is 5.89. The summed E-state index contributed by atoms with van der Waals surface area (Å²) in [7, 11) is 0. The van der Waals surface area contributed by atoms with Crippen molar-refractivity contribution in [1.29, 1.82) is 0 Å². The first kappa shape index (κ1) is 9.78. The number of morpholine rings is 1. The third-order valence-electron chi connectivity index (χ3n) is 3.14. The Morgan fingerprint density at radius 1 is 1.53 bits per heavy atom. The van der Waals surface area contributed by atoms with Gasteiger partial charge in [-0.2, -0.15) is 0 Å². The molecular formula is C11H15NO2S. The van der Waals surface area contributed by atoms with Gasteiger partial charge in [-0.05, 0) is 23.9 Å². The highest BCUT2D eigenvalue weighted by atomic mass is 32.1. The predicted molar refractivity (Wildman–Crippen MR) is 59.3 cm³/mol. The van der Waals surface area contributed by atoms with E-state index in [4.69, 9.17) is 9.47 Å². The number of rotatable bonds is 1. The summed E-state index contributed by atoms with van der Waals surface area (Å²) in [6, 6.07) is 2.56. The van der Waals surface area contributed by atoms with Gasteiger partial charge in [0.15, 0.2) is 0 Å². The van der Waals surface area contributed by atoms with Crippen LogP contribution in [0.25, 0.3) is 0 Å². The fourth-order valence-electron chi connectivity index (χ4n) is 2.32. The molecule has 2 aliphatic heterocycles. The Kier molecular flexibility index (Phi) is 2.32. The average molecular weight is 225 g/mol. The lowest BCUT2D eigenvalue weighted by atomic mass is 9.86. The molecule has 1 aromatic rings. The molecule has 1 unspecified atom stereocenters. The molecule has 4 heteroatoms. The number of aryl methyl sites for hydroxylation is 1. The molecule has 2 saturated heterocycles. The molecule has 1 N–H and O–H groups in total. The van der Waals surface area contributed by atoms with E-state index < -0.39 is 0 Å². The van der Waals surface area contributed by atoms with Crippen LogP contribution in [-0.2, 0) is 9.47 Å². The van der Waals surface area contributed by atoms with Crippen LogP contribution in [0.5, 0.6) is 0 Å². The second-order valence-electron chi connectivity index (χ2n) is 4.28. The van der Waals surface area contributed by atoms with Crippen LogP contribution in [0.1, 0.15) is 16.5 Å². The van der Waals surface area contributed by atoms with E-state index in [1.54, 1.807) is 11.3 Å². The van der Waals surface area contributed by atoms with Crippen molar-refractivity contribution >= 4 is 11.3 Å². The summed E-state index contributed by atoms with van der Waals surface area (Å²) in [5, 5.41) is 5.77. The van der Waals surface area contributed by atoms with Crippen LogP contribution in [0.4, 0.5) is 0 Å². The highest BCUT2D eigenvalue weighted by Crippen LogP contribution is 2.38. The SMILES string of the molecule is Cc1cc(C2NCCOC23COC3)cs1. The maximum Gasteiger partial charge on any atom is 0.134 e. The molecule has 0 amide bonds. The molecule has 1 atom stereocenters. The van der Waals surface area contributed by atoms with Crippen molar-refractivity contribution in [3.63, 3.8) is 0 Å². The number of hydrogen-bond acceptors (Lipinski definition) is 4. The molecule has 0 aromatic carbocycles. The fourth-order valence-corrected chi connectivity index (χ4v) is 3.05. The zero-order valence-corrected chi connectivity index (χ0v) is 9.60. The van der Waals surface area contributed by atoms with Crippen LogP contribution in [0.2, 0.25) is 0 Å². The summed E-state index contributed by atoms with van der Waals surface area (Å²) in [6.45, 7) is 5.31. The third kappa shape index (κ3) is 1.52. The summed E-state index contributed by atoms with van der Waals surface area (Å²) >= 11 is 1.80. The first-order valence-electron chi connectivity index (χ1n) is 5.30. The molecule has 3 rings (SSSR count). The topological polar surface area (TPSA) is 30.5 Å². The Bertz CT molecular complexity index is 359. The number of thiophene rings is 1. The summed E-state index contributed by atoms with van der Waals surface area (Å²) in [5.41, 5.74) is 1.26. The molecule has 0 saturated carbocycles. The first-order chi connectivity index (χ1) is 7.30. The van der Waals surface area contributed by atoms with Crippen LogP contribution >= 0.6 is 11.3 Å². The van der Waals surface area contributed by atoms with Gasteiger partial charge in [0.2, 0.25) is 0 Å². The summed E-state index contributed by atoms with van der Waals surface area (Å²) < 4.78 is 11.2. The van der Waals surface area contributed by atoms with Crippen molar-refractivity contribution in [3.8, 4) is 0 Å². The molecule has 0 aliphatic carbocycles. The van der Waals surface area contributed by atoms with Gasteiger partial charge in [-0.1, -0.05) is 0 Å². The summed E-state index contributed by atoms with van der Waals surface area (Å²) in [6.07, 6.45) is 0. The molecule has 1 spiro atoms. The minimum atomic E-state index is -0.0915. The van der Waals surface area contributed by atoms with E-state index in [1.807, 2.05) is 0 Å². The highest BCUT2D eigenvalue weighted by molar-refractivity contribution is 7.10. The minimum Gasteiger partial charge on any atom is -0.375 e. The van der Waals surface area contributed by atoms with Crippen LogP contribution in [0, 0.1) is 6.92 Å². The average Bonchev–Trinajstić information content (AvgIpc) is 2.62. The van der Waals surface area contributed by atoms with Crippen LogP contribution < -0.4 is 5.32 Å². The van der Waals surface area contributed by atoms with E-state index in [-0.39, 0.29) is 5.60 Å². The largest absolute Gasteiger partial charge is 0.375 e. The Hall–Kier alpha value is -0.420. The van der Waals surface area contributed by atoms with Crippen LogP contribution in [0.15, 0.2) is 11.4 Å². The molecule has 2 fully saturated rings. The van der Waals surface area contributed by atoms with Crippen molar-refractivity contribution < 1.29 is 9.47 Å². The van der Waals surface area contributed by atoms with Crippen molar-refractivity contribution in [2.24, 2.45) is 0 Å². The highest BCUT2D eigenvalue weighted by Gasteiger charge is 2.49. The molecule has 2 aliphatic rings. The predicted octanol–water partition coefficient (Wildman–Crippen LogP) is 1.49. The maximum absolute atomic E-state index is 5.89. The van der Waals surface area contributed by atoms with Crippen molar-refractivity contribution in [3.05, 3.63) is 21.9 Å². The zero-order chi connectivity index (χ0) is 10.3. The fraction of sp³-hybridized carbons (Fsp3) is 0.636. The number of ether oxygens (including phenoxy) is 2. The van der Waals surface area contributed by atoms with Gasteiger partial charge in [-0.3, -0.25) is 0 Å². The van der Waals surface area contributed by atoms with Gasteiger partial charge in [-0.25, -0.2) is 0 Å². The smallest absolute Gasteiger partial charge is 0.134 e. The Balaban J connectivity index is 1.89. The quantitative estimate of drug-likeness (QED) is 0.785. The van der Waals surface area contributed by atoms with Gasteiger partial charge in [0.1, 0.15) is 5.60 Å². The van der Waals surface area contributed by atoms with Crippen LogP contribution in [0.3, 0.4) is 0 Å². The normalized spacial score (nSPS) is 29.0. The van der Waals surface area contributed by atoms with E-state index in [0.717, 1.165) is 26.4 Å².